The van der Waals surface area contributed by atoms with Gasteiger partial charge >= 0.3 is 0 Å². The Morgan fingerprint density at radius 1 is 1.10 bits per heavy atom. The molecule has 0 bridgehead atoms. The van der Waals surface area contributed by atoms with Crippen molar-refractivity contribution in [3.63, 3.8) is 0 Å². The van der Waals surface area contributed by atoms with Crippen LogP contribution in [0.2, 0.25) is 0 Å². The van der Waals surface area contributed by atoms with Crippen molar-refractivity contribution >= 4 is 17.0 Å². The molecule has 0 spiro atoms. The number of benzene rings is 1. The largest absolute Gasteiger partial charge is 0.366 e. The third kappa shape index (κ3) is 3.14. The van der Waals surface area contributed by atoms with Crippen LogP contribution in [-0.4, -0.2) is 12.6 Å². The van der Waals surface area contributed by atoms with Gasteiger partial charge in [-0.1, -0.05) is 18.2 Å². The predicted octanol–water partition coefficient (Wildman–Crippen LogP) is 3.95. The van der Waals surface area contributed by atoms with Crippen LogP contribution in [0.15, 0.2) is 36.4 Å². The second kappa shape index (κ2) is 5.82. The van der Waals surface area contributed by atoms with E-state index in [9.17, 15) is 0 Å². The van der Waals surface area contributed by atoms with Gasteiger partial charge in [-0.05, 0) is 49.4 Å². The molecule has 2 aromatic rings. The maximum absolute atomic E-state index is 3.60. The molecule has 2 nitrogen and oxygen atoms in total. The quantitative estimate of drug-likeness (QED) is 0.899. The van der Waals surface area contributed by atoms with Crippen LogP contribution in [0.3, 0.4) is 0 Å². The van der Waals surface area contributed by atoms with Crippen molar-refractivity contribution in [3.05, 3.63) is 51.7 Å². The van der Waals surface area contributed by atoms with Gasteiger partial charge in [-0.3, -0.25) is 0 Å². The summed E-state index contributed by atoms with van der Waals surface area (Å²) in [4.78, 5) is 5.50. The molecule has 1 aliphatic carbocycles. The molecule has 1 aliphatic heterocycles. The molecule has 1 saturated carbocycles. The van der Waals surface area contributed by atoms with E-state index in [1.54, 1.807) is 0 Å². The van der Waals surface area contributed by atoms with Gasteiger partial charge in [-0.25, -0.2) is 0 Å². The monoisotopic (exact) mass is 298 g/mol. The summed E-state index contributed by atoms with van der Waals surface area (Å²) in [5.41, 5.74) is 2.95. The Kier molecular flexibility index (Phi) is 3.70. The minimum atomic E-state index is 0.796. The highest BCUT2D eigenvalue weighted by Gasteiger charge is 2.20. The number of rotatable bonds is 5. The zero-order valence-corrected chi connectivity index (χ0v) is 13.2. The Balaban J connectivity index is 1.44. The maximum Gasteiger partial charge on any atom is 0.0523 e. The zero-order valence-electron chi connectivity index (χ0n) is 12.3. The minimum Gasteiger partial charge on any atom is -0.366 e. The number of nitrogens with one attached hydrogen (secondary N) is 1. The molecule has 4 rings (SSSR count). The van der Waals surface area contributed by atoms with E-state index in [-0.39, 0.29) is 0 Å². The van der Waals surface area contributed by atoms with E-state index in [2.05, 4.69) is 46.6 Å². The lowest BCUT2D eigenvalue weighted by molar-refractivity contribution is 0.694. The molecule has 0 amide bonds. The lowest BCUT2D eigenvalue weighted by Gasteiger charge is -2.30. The SMILES string of the molecule is c1ccc2c(c1)CCCN2Cc1ccc(CNC2CC2)s1. The molecule has 21 heavy (non-hydrogen) atoms. The van der Waals surface area contributed by atoms with Crippen molar-refractivity contribution < 1.29 is 0 Å². The van der Waals surface area contributed by atoms with Crippen molar-refractivity contribution in [3.8, 4) is 0 Å². The van der Waals surface area contributed by atoms with Crippen molar-refractivity contribution in [2.45, 2.75) is 44.8 Å². The number of thiophene rings is 1. The second-order valence-electron chi connectivity index (χ2n) is 6.18. The maximum atomic E-state index is 3.60. The summed E-state index contributed by atoms with van der Waals surface area (Å²) in [6, 6.07) is 14.3. The summed E-state index contributed by atoms with van der Waals surface area (Å²) >= 11 is 1.97. The lowest BCUT2D eigenvalue weighted by atomic mass is 10.0. The first-order valence-electron chi connectivity index (χ1n) is 8.02. The van der Waals surface area contributed by atoms with Crippen LogP contribution in [0, 0.1) is 0 Å². The van der Waals surface area contributed by atoms with Gasteiger partial charge in [0.25, 0.3) is 0 Å². The molecule has 3 heteroatoms. The van der Waals surface area contributed by atoms with Gasteiger partial charge < -0.3 is 10.2 Å². The topological polar surface area (TPSA) is 15.3 Å². The highest BCUT2D eigenvalue weighted by molar-refractivity contribution is 7.12. The zero-order chi connectivity index (χ0) is 14.1. The Bertz CT molecular complexity index is 615. The molecule has 1 aromatic carbocycles. The molecule has 110 valence electrons. The number of aryl methyl sites for hydroxylation is 1. The van der Waals surface area contributed by atoms with Crippen LogP contribution in [0.1, 0.15) is 34.6 Å². The molecule has 1 fully saturated rings. The number of hydrogen-bond acceptors (Lipinski definition) is 3. The Hall–Kier alpha value is -1.32. The molecule has 1 N–H and O–H groups in total. The molecular formula is C18H22N2S. The van der Waals surface area contributed by atoms with Crippen LogP contribution in [0.5, 0.6) is 0 Å². The summed E-state index contributed by atoms with van der Waals surface area (Å²) in [5.74, 6) is 0. The van der Waals surface area contributed by atoms with Crippen molar-refractivity contribution in [2.24, 2.45) is 0 Å². The molecule has 2 heterocycles. The van der Waals surface area contributed by atoms with Gasteiger partial charge in [-0.2, -0.15) is 0 Å². The van der Waals surface area contributed by atoms with E-state index in [1.165, 1.54) is 53.2 Å². The van der Waals surface area contributed by atoms with E-state index in [0.717, 1.165) is 19.1 Å². The highest BCUT2D eigenvalue weighted by atomic mass is 32.1. The summed E-state index contributed by atoms with van der Waals surface area (Å²) in [6.45, 7) is 3.29. The molecule has 2 aliphatic rings. The number of hydrogen-bond donors (Lipinski definition) is 1. The third-order valence-electron chi connectivity index (χ3n) is 4.41. The number of anilines is 1. The molecule has 0 saturated heterocycles. The van der Waals surface area contributed by atoms with Crippen LogP contribution in [0.25, 0.3) is 0 Å². The summed E-state index contributed by atoms with van der Waals surface area (Å²) in [6.07, 6.45) is 5.23. The number of fused-ring (bicyclic) bond motifs is 1. The fourth-order valence-corrected chi connectivity index (χ4v) is 4.08. The first kappa shape index (κ1) is 13.4. The van der Waals surface area contributed by atoms with Gasteiger partial charge in [0.1, 0.15) is 0 Å². The predicted molar refractivity (Wildman–Crippen MR) is 90.0 cm³/mol. The van der Waals surface area contributed by atoms with Gasteiger partial charge in [0.05, 0.1) is 6.54 Å². The van der Waals surface area contributed by atoms with Gasteiger partial charge in [0.2, 0.25) is 0 Å². The molecule has 0 unspecified atom stereocenters. The minimum absolute atomic E-state index is 0.796. The lowest BCUT2D eigenvalue weighted by Crippen LogP contribution is -2.28. The molecule has 1 aromatic heterocycles. The average molecular weight is 298 g/mol. The van der Waals surface area contributed by atoms with Crippen LogP contribution in [-0.2, 0) is 19.5 Å². The standard InChI is InChI=1S/C18H22N2S/c1-2-6-18-14(4-1)5-3-11-20(18)13-17-10-9-16(21-17)12-19-15-7-8-15/h1-2,4,6,9-10,15,19H,3,5,7-8,11-13H2. The van der Waals surface area contributed by atoms with Crippen molar-refractivity contribution in [2.75, 3.05) is 11.4 Å². The number of para-hydroxylation sites is 1. The normalized spacial score (nSPS) is 17.8. The molecule has 0 atom stereocenters. The first-order valence-corrected chi connectivity index (χ1v) is 8.84. The number of nitrogens with zero attached hydrogens (tertiary/aromatic N) is 1. The average Bonchev–Trinajstić information content (AvgIpc) is 3.25. The first-order chi connectivity index (χ1) is 10.4. The van der Waals surface area contributed by atoms with E-state index in [4.69, 9.17) is 0 Å². The second-order valence-corrected chi connectivity index (χ2v) is 7.43. The Labute approximate surface area is 130 Å². The van der Waals surface area contributed by atoms with Gasteiger partial charge in [0.15, 0.2) is 0 Å². The summed E-state index contributed by atoms with van der Waals surface area (Å²) < 4.78 is 0. The van der Waals surface area contributed by atoms with E-state index >= 15 is 0 Å². The Morgan fingerprint density at radius 3 is 2.86 bits per heavy atom. The molecular weight excluding hydrogens is 276 g/mol. The smallest absolute Gasteiger partial charge is 0.0523 e. The van der Waals surface area contributed by atoms with E-state index in [1.807, 2.05) is 11.3 Å². The molecule has 0 radical (unpaired) electrons. The summed E-state index contributed by atoms with van der Waals surface area (Å²) in [5, 5.41) is 3.60. The third-order valence-corrected chi connectivity index (χ3v) is 5.48. The van der Waals surface area contributed by atoms with Crippen LogP contribution < -0.4 is 10.2 Å². The summed E-state index contributed by atoms with van der Waals surface area (Å²) in [7, 11) is 0. The van der Waals surface area contributed by atoms with Gasteiger partial charge in [-0.15, -0.1) is 11.3 Å². The van der Waals surface area contributed by atoms with Crippen LogP contribution in [0.4, 0.5) is 5.69 Å². The van der Waals surface area contributed by atoms with E-state index in [0.29, 0.717) is 0 Å². The van der Waals surface area contributed by atoms with E-state index < -0.39 is 0 Å². The highest BCUT2D eigenvalue weighted by Crippen LogP contribution is 2.29. The Morgan fingerprint density at radius 2 is 1.95 bits per heavy atom. The van der Waals surface area contributed by atoms with Crippen LogP contribution >= 0.6 is 11.3 Å². The fraction of sp³-hybridized carbons (Fsp3) is 0.444. The van der Waals surface area contributed by atoms with Gasteiger partial charge in [0, 0.05) is 34.6 Å². The van der Waals surface area contributed by atoms with Crippen molar-refractivity contribution in [1.82, 2.24) is 5.32 Å². The van der Waals surface area contributed by atoms with Crippen molar-refractivity contribution in [1.29, 1.82) is 0 Å². The fourth-order valence-electron chi connectivity index (χ4n) is 3.10.